The fourth-order valence-electron chi connectivity index (χ4n) is 1.84. The molecule has 0 saturated carbocycles. The van der Waals surface area contributed by atoms with Gasteiger partial charge in [0.05, 0.1) is 10.5 Å². The quantitative estimate of drug-likeness (QED) is 0.925. The molecule has 19 heavy (non-hydrogen) atoms. The normalized spacial score (nSPS) is 16.3. The molecule has 0 fully saturated rings. The zero-order valence-corrected chi connectivity index (χ0v) is 12.2. The maximum absolute atomic E-state index is 12.0. The van der Waals surface area contributed by atoms with Gasteiger partial charge in [0.2, 0.25) is 9.84 Å². The lowest BCUT2D eigenvalue weighted by molar-refractivity contribution is 0.0696. The van der Waals surface area contributed by atoms with E-state index in [2.05, 4.69) is 0 Å². The van der Waals surface area contributed by atoms with Crippen molar-refractivity contribution in [1.29, 1.82) is 0 Å². The van der Waals surface area contributed by atoms with Gasteiger partial charge in [-0.2, -0.15) is 11.8 Å². The van der Waals surface area contributed by atoms with E-state index in [1.54, 1.807) is 17.8 Å². The lowest BCUT2D eigenvalue weighted by Crippen LogP contribution is -2.00. The minimum Gasteiger partial charge on any atom is -0.478 e. The molecule has 0 amide bonds. The van der Waals surface area contributed by atoms with Crippen molar-refractivity contribution in [3.63, 3.8) is 0 Å². The third-order valence-corrected chi connectivity index (χ3v) is 5.44. The Balaban J connectivity index is 2.43. The van der Waals surface area contributed by atoms with Gasteiger partial charge >= 0.3 is 5.97 Å². The molecule has 1 aliphatic heterocycles. The molecule has 2 rings (SSSR count). The highest BCUT2D eigenvalue weighted by Gasteiger charge is 2.27. The van der Waals surface area contributed by atoms with E-state index in [1.165, 1.54) is 17.5 Å². The highest BCUT2D eigenvalue weighted by atomic mass is 32.2. The average Bonchev–Trinajstić information content (AvgIpc) is 2.58. The van der Waals surface area contributed by atoms with E-state index >= 15 is 0 Å². The van der Waals surface area contributed by atoms with Crippen molar-refractivity contribution in [2.24, 2.45) is 0 Å². The summed E-state index contributed by atoms with van der Waals surface area (Å²) in [5.41, 5.74) is 1.36. The molecule has 1 aliphatic rings. The molecule has 0 aliphatic carbocycles. The molecule has 0 unspecified atom stereocenters. The van der Waals surface area contributed by atoms with Crippen LogP contribution in [-0.4, -0.2) is 30.5 Å². The molecule has 0 saturated heterocycles. The average molecular weight is 298 g/mol. The Morgan fingerprint density at radius 2 is 2.05 bits per heavy atom. The first-order valence-electron chi connectivity index (χ1n) is 5.76. The maximum atomic E-state index is 12.0. The Labute approximate surface area is 116 Å². The summed E-state index contributed by atoms with van der Waals surface area (Å²) in [4.78, 5) is 11.0. The number of thioether (sulfide) groups is 1. The first-order valence-corrected chi connectivity index (χ1v) is 8.36. The predicted octanol–water partition coefficient (Wildman–Crippen LogP) is 2.65. The molecule has 1 heterocycles. The Morgan fingerprint density at radius 1 is 1.37 bits per heavy atom. The SMILES string of the molecule is CC(C)SCC1=CS(=O)(=O)c2cc(C(=O)O)ccc21. The van der Waals surface area contributed by atoms with E-state index < -0.39 is 15.8 Å². The van der Waals surface area contributed by atoms with Crippen LogP contribution in [0.3, 0.4) is 0 Å². The number of carboxylic acids is 1. The highest BCUT2D eigenvalue weighted by molar-refractivity contribution is 8.00. The van der Waals surface area contributed by atoms with Crippen LogP contribution in [-0.2, 0) is 9.84 Å². The van der Waals surface area contributed by atoms with E-state index in [0.717, 1.165) is 5.57 Å². The summed E-state index contributed by atoms with van der Waals surface area (Å²) >= 11 is 1.65. The van der Waals surface area contributed by atoms with E-state index in [1.807, 2.05) is 13.8 Å². The van der Waals surface area contributed by atoms with Crippen molar-refractivity contribution in [3.05, 3.63) is 34.7 Å². The van der Waals surface area contributed by atoms with Gasteiger partial charge in [-0.05, 0) is 28.5 Å². The van der Waals surface area contributed by atoms with Gasteiger partial charge < -0.3 is 5.11 Å². The topological polar surface area (TPSA) is 71.4 Å². The van der Waals surface area contributed by atoms with E-state index in [4.69, 9.17) is 5.11 Å². The van der Waals surface area contributed by atoms with Gasteiger partial charge in [0.1, 0.15) is 0 Å². The number of benzene rings is 1. The van der Waals surface area contributed by atoms with Crippen LogP contribution in [0.5, 0.6) is 0 Å². The van der Waals surface area contributed by atoms with Crippen molar-refractivity contribution in [2.45, 2.75) is 24.0 Å². The molecule has 0 bridgehead atoms. The summed E-state index contributed by atoms with van der Waals surface area (Å²) in [6, 6.07) is 4.25. The molecule has 0 radical (unpaired) electrons. The standard InChI is InChI=1S/C13H14O4S2/c1-8(2)18-6-10-7-19(16,17)12-5-9(13(14)15)3-4-11(10)12/h3-5,7-8H,6H2,1-2H3,(H,14,15). The molecule has 6 heteroatoms. The Kier molecular flexibility index (Phi) is 3.73. The molecule has 102 valence electrons. The number of carbonyl (C=O) groups is 1. The number of hydrogen-bond acceptors (Lipinski definition) is 4. The van der Waals surface area contributed by atoms with Crippen molar-refractivity contribution in [1.82, 2.24) is 0 Å². The van der Waals surface area contributed by atoms with Crippen LogP contribution in [0.1, 0.15) is 29.8 Å². The number of carboxylic acid groups (broad SMARTS) is 1. The second-order valence-electron chi connectivity index (χ2n) is 4.56. The van der Waals surface area contributed by atoms with Crippen molar-refractivity contribution >= 4 is 33.1 Å². The number of aromatic carboxylic acids is 1. The van der Waals surface area contributed by atoms with Gasteiger partial charge in [0, 0.05) is 11.2 Å². The van der Waals surface area contributed by atoms with Crippen molar-refractivity contribution in [3.8, 4) is 0 Å². The summed E-state index contributed by atoms with van der Waals surface area (Å²) < 4.78 is 24.0. The molecule has 0 aromatic heterocycles. The van der Waals surface area contributed by atoms with Gasteiger partial charge in [0.25, 0.3) is 0 Å². The lowest BCUT2D eigenvalue weighted by atomic mass is 10.1. The molecule has 1 aromatic rings. The third-order valence-electron chi connectivity index (χ3n) is 2.75. The number of hydrogen-bond donors (Lipinski definition) is 1. The molecule has 0 spiro atoms. The van der Waals surface area contributed by atoms with Gasteiger partial charge in [-0.1, -0.05) is 19.9 Å². The van der Waals surface area contributed by atoms with Crippen LogP contribution in [0.4, 0.5) is 0 Å². The maximum Gasteiger partial charge on any atom is 0.335 e. The number of sulfone groups is 1. The van der Waals surface area contributed by atoms with Crippen LogP contribution in [0.15, 0.2) is 28.5 Å². The fraction of sp³-hybridized carbons (Fsp3) is 0.308. The van der Waals surface area contributed by atoms with Crippen LogP contribution in [0.2, 0.25) is 0 Å². The number of rotatable bonds is 4. The summed E-state index contributed by atoms with van der Waals surface area (Å²) in [6.07, 6.45) is 0. The lowest BCUT2D eigenvalue weighted by Gasteiger charge is -2.07. The Bertz CT molecular complexity index is 657. The molecule has 4 nitrogen and oxygen atoms in total. The van der Waals surface area contributed by atoms with Crippen LogP contribution in [0, 0.1) is 0 Å². The minimum absolute atomic E-state index is 0.00603. The predicted molar refractivity (Wildman–Crippen MR) is 76.2 cm³/mol. The van der Waals surface area contributed by atoms with Crippen molar-refractivity contribution in [2.75, 3.05) is 5.75 Å². The Hall–Kier alpha value is -1.27. The Morgan fingerprint density at radius 3 is 2.63 bits per heavy atom. The molecule has 1 aromatic carbocycles. The molecule has 1 N–H and O–H groups in total. The zero-order chi connectivity index (χ0) is 14.2. The van der Waals surface area contributed by atoms with Crippen LogP contribution in [0.25, 0.3) is 5.57 Å². The van der Waals surface area contributed by atoms with Gasteiger partial charge in [-0.15, -0.1) is 0 Å². The fourth-order valence-corrected chi connectivity index (χ4v) is 4.20. The van der Waals surface area contributed by atoms with Gasteiger partial charge in [0.15, 0.2) is 0 Å². The minimum atomic E-state index is -3.50. The zero-order valence-electron chi connectivity index (χ0n) is 10.6. The van der Waals surface area contributed by atoms with Gasteiger partial charge in [-0.3, -0.25) is 0 Å². The first kappa shape index (κ1) is 14.1. The second kappa shape index (κ2) is 5.02. The summed E-state index contributed by atoms with van der Waals surface area (Å²) in [6.45, 7) is 4.09. The third kappa shape index (κ3) is 2.84. The van der Waals surface area contributed by atoms with E-state index in [-0.39, 0.29) is 10.5 Å². The smallest absolute Gasteiger partial charge is 0.335 e. The molecular weight excluding hydrogens is 284 g/mol. The first-order chi connectivity index (χ1) is 8.81. The summed E-state index contributed by atoms with van der Waals surface area (Å²) in [5.74, 6) is -0.515. The van der Waals surface area contributed by atoms with Crippen molar-refractivity contribution < 1.29 is 18.3 Å². The highest BCUT2D eigenvalue weighted by Crippen LogP contribution is 2.36. The summed E-state index contributed by atoms with van der Waals surface area (Å²) in [7, 11) is -3.50. The summed E-state index contributed by atoms with van der Waals surface area (Å²) in [5, 5.41) is 10.6. The monoisotopic (exact) mass is 298 g/mol. The molecule has 0 atom stereocenters. The van der Waals surface area contributed by atoms with Crippen LogP contribution < -0.4 is 0 Å². The van der Waals surface area contributed by atoms with E-state index in [9.17, 15) is 13.2 Å². The van der Waals surface area contributed by atoms with Gasteiger partial charge in [-0.25, -0.2) is 13.2 Å². The number of fused-ring (bicyclic) bond motifs is 1. The van der Waals surface area contributed by atoms with Crippen LogP contribution >= 0.6 is 11.8 Å². The molecular formula is C13H14O4S2. The largest absolute Gasteiger partial charge is 0.478 e. The van der Waals surface area contributed by atoms with E-state index in [0.29, 0.717) is 16.6 Å². The second-order valence-corrected chi connectivity index (χ2v) is 7.89.